The number of nitrogens with zero attached hydrogens (tertiary/aromatic N) is 3. The summed E-state index contributed by atoms with van der Waals surface area (Å²) in [6.07, 6.45) is 4.96. The molecule has 132 valence electrons. The lowest BCUT2D eigenvalue weighted by atomic mass is 10.1. The lowest BCUT2D eigenvalue weighted by Gasteiger charge is -2.29. The first-order chi connectivity index (χ1) is 12.6. The molecule has 5 nitrogen and oxygen atoms in total. The summed E-state index contributed by atoms with van der Waals surface area (Å²) in [4.78, 5) is 22.8. The molecule has 0 bridgehead atoms. The van der Waals surface area contributed by atoms with Crippen LogP contribution in [-0.2, 0) is 6.54 Å². The average molecular weight is 346 g/mol. The molecule has 5 heteroatoms. The second-order valence-electron chi connectivity index (χ2n) is 6.30. The van der Waals surface area contributed by atoms with Crippen molar-refractivity contribution in [3.63, 3.8) is 0 Å². The summed E-state index contributed by atoms with van der Waals surface area (Å²) < 4.78 is 0. The van der Waals surface area contributed by atoms with E-state index in [-0.39, 0.29) is 5.91 Å². The normalized spacial score (nSPS) is 10.6. The van der Waals surface area contributed by atoms with Crippen molar-refractivity contribution in [2.45, 2.75) is 26.4 Å². The maximum absolute atomic E-state index is 12.2. The van der Waals surface area contributed by atoms with E-state index in [1.807, 2.05) is 30.3 Å². The van der Waals surface area contributed by atoms with Crippen molar-refractivity contribution in [2.75, 3.05) is 10.2 Å². The van der Waals surface area contributed by atoms with Crippen molar-refractivity contribution < 1.29 is 4.79 Å². The second-order valence-corrected chi connectivity index (χ2v) is 6.30. The van der Waals surface area contributed by atoms with Gasteiger partial charge in [-0.25, -0.2) is 4.98 Å². The van der Waals surface area contributed by atoms with Crippen LogP contribution in [0.5, 0.6) is 0 Å². The van der Waals surface area contributed by atoms with E-state index in [4.69, 9.17) is 0 Å². The van der Waals surface area contributed by atoms with Crippen LogP contribution >= 0.6 is 0 Å². The summed E-state index contributed by atoms with van der Waals surface area (Å²) in [5.41, 5.74) is 2.77. The number of hydrogen-bond acceptors (Lipinski definition) is 4. The summed E-state index contributed by atoms with van der Waals surface area (Å²) in [6.45, 7) is 5.11. The van der Waals surface area contributed by atoms with Crippen molar-refractivity contribution in [1.82, 2.24) is 9.97 Å². The molecule has 0 unspecified atom stereocenters. The van der Waals surface area contributed by atoms with Gasteiger partial charge < -0.3 is 10.2 Å². The third-order valence-electron chi connectivity index (χ3n) is 4.06. The Balaban J connectivity index is 1.71. The van der Waals surface area contributed by atoms with Gasteiger partial charge in [-0.2, -0.15) is 0 Å². The Morgan fingerprint density at radius 2 is 1.85 bits per heavy atom. The molecule has 0 saturated carbocycles. The topological polar surface area (TPSA) is 58.1 Å². The quantitative estimate of drug-likeness (QED) is 0.729. The highest BCUT2D eigenvalue weighted by molar-refractivity contribution is 6.03. The van der Waals surface area contributed by atoms with Crippen LogP contribution in [0.4, 0.5) is 11.5 Å². The minimum absolute atomic E-state index is 0.219. The molecule has 0 radical (unpaired) electrons. The summed E-state index contributed by atoms with van der Waals surface area (Å²) in [7, 11) is 0. The molecule has 1 N–H and O–H groups in total. The first-order valence-electron chi connectivity index (χ1n) is 8.61. The molecule has 26 heavy (non-hydrogen) atoms. The van der Waals surface area contributed by atoms with E-state index in [0.29, 0.717) is 17.4 Å². The van der Waals surface area contributed by atoms with E-state index in [1.54, 1.807) is 24.5 Å². The third kappa shape index (κ3) is 4.45. The van der Waals surface area contributed by atoms with Crippen LogP contribution in [0.3, 0.4) is 0 Å². The van der Waals surface area contributed by atoms with E-state index >= 15 is 0 Å². The second kappa shape index (κ2) is 8.25. The predicted molar refractivity (Wildman–Crippen MR) is 104 cm³/mol. The highest BCUT2D eigenvalue weighted by Crippen LogP contribution is 2.21. The van der Waals surface area contributed by atoms with Crippen molar-refractivity contribution in [3.8, 4) is 0 Å². The van der Waals surface area contributed by atoms with E-state index in [2.05, 4.69) is 46.2 Å². The number of rotatable bonds is 6. The number of hydrogen-bond donors (Lipinski definition) is 1. The van der Waals surface area contributed by atoms with E-state index in [0.717, 1.165) is 12.2 Å². The maximum Gasteiger partial charge on any atom is 0.258 e. The Morgan fingerprint density at radius 3 is 2.46 bits per heavy atom. The van der Waals surface area contributed by atoms with Gasteiger partial charge in [0.1, 0.15) is 5.82 Å². The Kier molecular flexibility index (Phi) is 5.59. The maximum atomic E-state index is 12.2. The third-order valence-corrected chi connectivity index (χ3v) is 4.06. The van der Waals surface area contributed by atoms with Gasteiger partial charge in [-0.1, -0.05) is 30.3 Å². The highest BCUT2D eigenvalue weighted by Gasteiger charge is 2.12. The molecule has 0 atom stereocenters. The molecule has 3 aromatic rings. The molecule has 2 heterocycles. The minimum Gasteiger partial charge on any atom is -0.364 e. The number of benzene rings is 1. The molecule has 0 fully saturated rings. The molecule has 0 aliphatic heterocycles. The zero-order valence-electron chi connectivity index (χ0n) is 15.0. The number of anilines is 2. The van der Waals surface area contributed by atoms with Crippen molar-refractivity contribution in [2.24, 2.45) is 0 Å². The molecule has 0 saturated heterocycles. The first kappa shape index (κ1) is 17.6. The minimum atomic E-state index is -0.219. The molecular formula is C21H22N4O. The smallest absolute Gasteiger partial charge is 0.258 e. The SMILES string of the molecule is CC(C)N(Cc1ccccc1)c1ccc(NC(=O)c2cccnc2)nc1. The molecule has 0 aliphatic rings. The van der Waals surface area contributed by atoms with E-state index < -0.39 is 0 Å². The molecular weight excluding hydrogens is 324 g/mol. The fourth-order valence-electron chi connectivity index (χ4n) is 2.67. The van der Waals surface area contributed by atoms with Crippen LogP contribution in [0.2, 0.25) is 0 Å². The summed E-state index contributed by atoms with van der Waals surface area (Å²) in [5, 5.41) is 2.79. The summed E-state index contributed by atoms with van der Waals surface area (Å²) >= 11 is 0. The Bertz CT molecular complexity index is 833. The van der Waals surface area contributed by atoms with Gasteiger partial charge in [0.15, 0.2) is 0 Å². The Hall–Kier alpha value is -3.21. The molecule has 1 aromatic carbocycles. The highest BCUT2D eigenvalue weighted by atomic mass is 16.1. The average Bonchev–Trinajstić information content (AvgIpc) is 2.68. The van der Waals surface area contributed by atoms with Crippen molar-refractivity contribution >= 4 is 17.4 Å². The first-order valence-corrected chi connectivity index (χ1v) is 8.61. The van der Waals surface area contributed by atoms with Gasteiger partial charge in [-0.05, 0) is 43.7 Å². The van der Waals surface area contributed by atoms with Gasteiger partial charge in [0.2, 0.25) is 0 Å². The molecule has 1 amide bonds. The van der Waals surface area contributed by atoms with Crippen LogP contribution in [0.1, 0.15) is 29.8 Å². The zero-order valence-corrected chi connectivity index (χ0v) is 15.0. The fourth-order valence-corrected chi connectivity index (χ4v) is 2.67. The van der Waals surface area contributed by atoms with Gasteiger partial charge in [-0.3, -0.25) is 9.78 Å². The van der Waals surface area contributed by atoms with Gasteiger partial charge in [0.05, 0.1) is 17.4 Å². The summed E-state index contributed by atoms with van der Waals surface area (Å²) in [5.74, 6) is 0.300. The monoisotopic (exact) mass is 346 g/mol. The molecule has 0 aliphatic carbocycles. The van der Waals surface area contributed by atoms with Gasteiger partial charge in [0.25, 0.3) is 5.91 Å². The number of nitrogens with one attached hydrogen (secondary N) is 1. The number of aromatic nitrogens is 2. The molecule has 0 spiro atoms. The number of pyridine rings is 2. The largest absolute Gasteiger partial charge is 0.364 e. The van der Waals surface area contributed by atoms with E-state index in [9.17, 15) is 4.79 Å². The lowest BCUT2D eigenvalue weighted by molar-refractivity contribution is 0.102. The number of carbonyl (C=O) groups excluding carboxylic acids is 1. The van der Waals surface area contributed by atoms with Gasteiger partial charge in [-0.15, -0.1) is 0 Å². The van der Waals surface area contributed by atoms with Crippen molar-refractivity contribution in [1.29, 1.82) is 0 Å². The van der Waals surface area contributed by atoms with E-state index in [1.165, 1.54) is 11.8 Å². The van der Waals surface area contributed by atoms with Gasteiger partial charge >= 0.3 is 0 Å². The van der Waals surface area contributed by atoms with Crippen molar-refractivity contribution in [3.05, 3.63) is 84.3 Å². The summed E-state index contributed by atoms with van der Waals surface area (Å²) in [6, 6.07) is 17.9. The van der Waals surface area contributed by atoms with Crippen LogP contribution in [0, 0.1) is 0 Å². The molecule has 3 rings (SSSR count). The van der Waals surface area contributed by atoms with Crippen LogP contribution in [0.25, 0.3) is 0 Å². The Morgan fingerprint density at radius 1 is 1.04 bits per heavy atom. The lowest BCUT2D eigenvalue weighted by Crippen LogP contribution is -2.30. The van der Waals surface area contributed by atoms with Crippen LogP contribution < -0.4 is 10.2 Å². The van der Waals surface area contributed by atoms with Crippen LogP contribution in [0.15, 0.2) is 73.2 Å². The molecule has 2 aromatic heterocycles. The standard InChI is InChI=1S/C21H22N4O/c1-16(2)25(15-17-7-4-3-5-8-17)19-10-11-20(23-14-19)24-21(26)18-9-6-12-22-13-18/h3-14,16H,15H2,1-2H3,(H,23,24,26). The fraction of sp³-hybridized carbons (Fsp3) is 0.190. The predicted octanol–water partition coefficient (Wildman–Crippen LogP) is 4.14. The van der Waals surface area contributed by atoms with Gasteiger partial charge in [0, 0.05) is 25.0 Å². The number of amides is 1. The number of carbonyl (C=O) groups is 1. The Labute approximate surface area is 153 Å². The van der Waals surface area contributed by atoms with Crippen LogP contribution in [-0.4, -0.2) is 21.9 Å². The zero-order chi connectivity index (χ0) is 18.4.